The van der Waals surface area contributed by atoms with Crippen molar-refractivity contribution >= 4 is 0 Å². The quantitative estimate of drug-likeness (QED) is 0.724. The summed E-state index contributed by atoms with van der Waals surface area (Å²) in [6.07, 6.45) is 1.79. The maximum atomic E-state index is 6.37. The van der Waals surface area contributed by atoms with Crippen LogP contribution in [0.1, 0.15) is 65.9 Å². The van der Waals surface area contributed by atoms with Crippen LogP contribution >= 0.6 is 0 Å². The largest absolute Gasteiger partial charge is 0.457 e. The van der Waals surface area contributed by atoms with Gasteiger partial charge in [0.25, 0.3) is 5.79 Å². The zero-order chi connectivity index (χ0) is 16.3. The summed E-state index contributed by atoms with van der Waals surface area (Å²) in [5, 5.41) is 0. The summed E-state index contributed by atoms with van der Waals surface area (Å²) >= 11 is 0. The van der Waals surface area contributed by atoms with Gasteiger partial charge in [-0.15, -0.1) is 0 Å². The average Bonchev–Trinajstić information content (AvgIpc) is 2.86. The van der Waals surface area contributed by atoms with Gasteiger partial charge in [-0.2, -0.15) is 0 Å². The van der Waals surface area contributed by atoms with Crippen molar-refractivity contribution in [1.82, 2.24) is 4.90 Å². The van der Waals surface area contributed by atoms with Gasteiger partial charge in [-0.3, -0.25) is 0 Å². The third kappa shape index (κ3) is 2.51. The van der Waals surface area contributed by atoms with Crippen molar-refractivity contribution in [2.24, 2.45) is 0 Å². The number of rotatable bonds is 0. The van der Waals surface area contributed by atoms with E-state index in [1.165, 1.54) is 0 Å². The smallest absolute Gasteiger partial charge is 0.254 e. The van der Waals surface area contributed by atoms with E-state index >= 15 is 0 Å². The van der Waals surface area contributed by atoms with Gasteiger partial charge in [-0.05, 0) is 7.05 Å². The topological polar surface area (TPSA) is 34.8 Å². The minimum absolute atomic E-state index is 0.103. The molecule has 4 heteroatoms. The molecule has 1 aromatic rings. The van der Waals surface area contributed by atoms with E-state index in [0.29, 0.717) is 0 Å². The fourth-order valence-corrected chi connectivity index (χ4v) is 3.13. The number of ether oxygens (including phenoxy) is 2. The van der Waals surface area contributed by atoms with Crippen LogP contribution < -0.4 is 9.47 Å². The number of hydrogen-bond donors (Lipinski definition) is 0. The van der Waals surface area contributed by atoms with Crippen molar-refractivity contribution in [3.63, 3.8) is 0 Å². The van der Waals surface area contributed by atoms with Gasteiger partial charge in [-0.25, -0.2) is 0 Å². The molecule has 3 heterocycles. The van der Waals surface area contributed by atoms with Gasteiger partial charge in [0, 0.05) is 36.8 Å². The summed E-state index contributed by atoms with van der Waals surface area (Å²) in [6, 6.07) is 0. The van der Waals surface area contributed by atoms with Gasteiger partial charge in [0.15, 0.2) is 11.5 Å². The summed E-state index contributed by atoms with van der Waals surface area (Å²) in [5.41, 5.74) is -0.206. The molecule has 0 N–H and O–H groups in total. The molecule has 0 bridgehead atoms. The van der Waals surface area contributed by atoms with Crippen LogP contribution in [-0.2, 0) is 10.8 Å². The maximum Gasteiger partial charge on any atom is 0.254 e. The molecule has 1 fully saturated rings. The molecule has 1 saturated heterocycles. The molecule has 0 atom stereocenters. The Morgan fingerprint density at radius 3 is 1.59 bits per heavy atom. The Labute approximate surface area is 133 Å². The minimum atomic E-state index is -0.492. The van der Waals surface area contributed by atoms with Gasteiger partial charge in [-0.1, -0.05) is 41.5 Å². The Bertz CT molecular complexity index is 526. The molecular weight excluding hydrogens is 278 g/mol. The van der Waals surface area contributed by atoms with E-state index in [1.54, 1.807) is 0 Å². The first-order valence-electron chi connectivity index (χ1n) is 8.26. The maximum absolute atomic E-state index is 6.37. The molecular formula is C18H29NO3. The molecule has 0 aromatic carbocycles. The molecule has 1 aromatic heterocycles. The van der Waals surface area contributed by atoms with Crippen LogP contribution in [-0.4, -0.2) is 30.8 Å². The Morgan fingerprint density at radius 1 is 0.818 bits per heavy atom. The summed E-state index contributed by atoms with van der Waals surface area (Å²) in [4.78, 5) is 2.32. The minimum Gasteiger partial charge on any atom is -0.457 e. The molecule has 1 spiro atoms. The Morgan fingerprint density at radius 2 is 1.23 bits per heavy atom. The number of fused-ring (bicyclic) bond motifs is 1. The van der Waals surface area contributed by atoms with Gasteiger partial charge >= 0.3 is 0 Å². The molecule has 22 heavy (non-hydrogen) atoms. The lowest BCUT2D eigenvalue weighted by molar-refractivity contribution is -0.119. The molecule has 0 unspecified atom stereocenters. The van der Waals surface area contributed by atoms with Gasteiger partial charge in [0.1, 0.15) is 0 Å². The van der Waals surface area contributed by atoms with E-state index in [9.17, 15) is 0 Å². The van der Waals surface area contributed by atoms with Crippen LogP contribution in [0.15, 0.2) is 4.42 Å². The molecule has 124 valence electrons. The number of hydrogen-bond acceptors (Lipinski definition) is 4. The molecule has 0 aliphatic carbocycles. The molecule has 0 saturated carbocycles. The third-order valence-electron chi connectivity index (χ3n) is 4.51. The predicted molar refractivity (Wildman–Crippen MR) is 86.8 cm³/mol. The lowest BCUT2D eigenvalue weighted by Gasteiger charge is -2.36. The molecule has 3 rings (SSSR count). The zero-order valence-corrected chi connectivity index (χ0v) is 15.0. The van der Waals surface area contributed by atoms with Crippen LogP contribution in [0.2, 0.25) is 0 Å². The predicted octanol–water partition coefficient (Wildman–Crippen LogP) is 4.07. The van der Waals surface area contributed by atoms with Crippen molar-refractivity contribution in [2.45, 2.75) is 71.0 Å². The highest BCUT2D eigenvalue weighted by Crippen LogP contribution is 2.55. The summed E-state index contributed by atoms with van der Waals surface area (Å²) in [7, 11) is 2.14. The average molecular weight is 307 g/mol. The summed E-state index contributed by atoms with van der Waals surface area (Å²) < 4.78 is 19.0. The van der Waals surface area contributed by atoms with Gasteiger partial charge in [0.2, 0.25) is 11.5 Å². The van der Waals surface area contributed by atoms with Gasteiger partial charge in [0.05, 0.1) is 0 Å². The van der Waals surface area contributed by atoms with Crippen LogP contribution in [0.4, 0.5) is 0 Å². The van der Waals surface area contributed by atoms with Crippen LogP contribution in [0.3, 0.4) is 0 Å². The van der Waals surface area contributed by atoms with E-state index in [2.05, 4.69) is 53.5 Å². The second-order valence-electron chi connectivity index (χ2n) is 8.84. The Kier molecular flexibility index (Phi) is 3.34. The highest BCUT2D eigenvalue weighted by molar-refractivity contribution is 5.53. The van der Waals surface area contributed by atoms with E-state index < -0.39 is 5.79 Å². The van der Waals surface area contributed by atoms with Crippen molar-refractivity contribution in [3.8, 4) is 11.5 Å². The first kappa shape index (κ1) is 15.7. The SMILES string of the molecule is CN1CCC2(CC1)Oc1c(C(C)(C)C)oc(C(C)(C)C)c1O2. The summed E-state index contributed by atoms with van der Waals surface area (Å²) in [6.45, 7) is 14.9. The second kappa shape index (κ2) is 4.67. The van der Waals surface area contributed by atoms with Crippen LogP contribution in [0.5, 0.6) is 11.5 Å². The van der Waals surface area contributed by atoms with Crippen LogP contribution in [0, 0.1) is 0 Å². The fraction of sp³-hybridized carbons (Fsp3) is 0.778. The zero-order valence-electron chi connectivity index (χ0n) is 15.0. The standard InChI is InChI=1S/C18H29NO3/c1-16(2,3)14-12-13(15(20-14)17(4,5)6)22-18(21-12)8-10-19(7)11-9-18/h8-11H2,1-7H3. The van der Waals surface area contributed by atoms with E-state index in [-0.39, 0.29) is 10.8 Å². The van der Waals surface area contributed by atoms with Crippen molar-refractivity contribution in [1.29, 1.82) is 0 Å². The third-order valence-corrected chi connectivity index (χ3v) is 4.51. The first-order valence-corrected chi connectivity index (χ1v) is 8.26. The lowest BCUT2D eigenvalue weighted by atomic mass is 9.92. The number of furan rings is 1. The van der Waals surface area contributed by atoms with Crippen molar-refractivity contribution in [2.75, 3.05) is 20.1 Å². The van der Waals surface area contributed by atoms with E-state index in [0.717, 1.165) is 49.0 Å². The fourth-order valence-electron chi connectivity index (χ4n) is 3.13. The number of likely N-dealkylation sites (tertiary alicyclic amines) is 1. The highest BCUT2D eigenvalue weighted by Gasteiger charge is 2.50. The van der Waals surface area contributed by atoms with Gasteiger partial charge < -0.3 is 18.8 Å². The first-order chi connectivity index (χ1) is 10.0. The Hall–Kier alpha value is -1.16. The van der Waals surface area contributed by atoms with Crippen molar-refractivity contribution < 1.29 is 13.9 Å². The van der Waals surface area contributed by atoms with E-state index in [4.69, 9.17) is 13.9 Å². The monoisotopic (exact) mass is 307 g/mol. The normalized spacial score (nSPS) is 21.6. The highest BCUT2D eigenvalue weighted by atomic mass is 16.7. The lowest BCUT2D eigenvalue weighted by Crippen LogP contribution is -2.48. The second-order valence-corrected chi connectivity index (χ2v) is 8.84. The molecule has 2 aliphatic rings. The number of nitrogens with zero attached hydrogens (tertiary/aromatic N) is 1. The molecule has 4 nitrogen and oxygen atoms in total. The summed E-state index contributed by atoms with van der Waals surface area (Å²) in [5.74, 6) is 2.99. The van der Waals surface area contributed by atoms with Crippen LogP contribution in [0.25, 0.3) is 0 Å². The molecule has 0 amide bonds. The molecule has 0 radical (unpaired) electrons. The van der Waals surface area contributed by atoms with Crippen molar-refractivity contribution in [3.05, 3.63) is 11.5 Å². The Balaban J connectivity index is 2.02. The van der Waals surface area contributed by atoms with E-state index in [1.807, 2.05) is 0 Å². The number of piperidine rings is 1. The molecule has 2 aliphatic heterocycles.